The molecule has 0 aliphatic carbocycles. The van der Waals surface area contributed by atoms with E-state index < -0.39 is 25.9 Å². The van der Waals surface area contributed by atoms with Crippen molar-refractivity contribution in [1.82, 2.24) is 5.32 Å². The molecule has 1 N–H and O–H groups in total. The van der Waals surface area contributed by atoms with Gasteiger partial charge in [0.25, 0.3) is 21.9 Å². The SMILES string of the molecule is CCNCC(=O)C(CCSSC(C)(C)CN(CCOCCOCCOC)c1cc(COc2cc3c(cc2C)C(=O)N2c4ccccc4C[C@H]2CC3)cc(COc2cc3c(cc2OC)C(=O)N2c4ccccc4C[C@H]2CN3C)c1)S(=O)(=O)OC. The van der Waals surface area contributed by atoms with Crippen molar-refractivity contribution in [3.05, 3.63) is 136 Å². The summed E-state index contributed by atoms with van der Waals surface area (Å²) in [5.74, 6) is 1.55. The smallest absolute Gasteiger partial charge is 0.277 e. The van der Waals surface area contributed by atoms with Crippen molar-refractivity contribution in [2.45, 2.75) is 95.1 Å². The number of Topliss-reactive ketones (excluding diaryl/α,β-unsaturated/α-hetero) is 1. The highest BCUT2D eigenvalue weighted by atomic mass is 33.1. The van der Waals surface area contributed by atoms with E-state index in [0.717, 1.165) is 83.4 Å². The van der Waals surface area contributed by atoms with Crippen molar-refractivity contribution in [3.8, 4) is 17.2 Å². The van der Waals surface area contributed by atoms with E-state index in [1.165, 1.54) is 16.4 Å². The topological polar surface area (TPSA) is 175 Å². The van der Waals surface area contributed by atoms with E-state index in [0.29, 0.717) is 93.3 Å². The number of carbonyl (C=O) groups is 3. The van der Waals surface area contributed by atoms with Gasteiger partial charge in [-0.1, -0.05) is 64.9 Å². The van der Waals surface area contributed by atoms with Gasteiger partial charge in [0.05, 0.1) is 71.1 Å². The first-order valence-corrected chi connectivity index (χ1v) is 32.3. The number of anilines is 4. The highest BCUT2D eigenvalue weighted by Crippen LogP contribution is 2.44. The number of aryl methyl sites for hydroxylation is 2. The van der Waals surface area contributed by atoms with E-state index in [1.54, 1.807) is 31.1 Å². The van der Waals surface area contributed by atoms with Gasteiger partial charge >= 0.3 is 0 Å². The molecule has 0 saturated carbocycles. The molecule has 5 aromatic carbocycles. The molecular weight excluding hydrogens is 1110 g/mol. The number of nitrogens with one attached hydrogen (secondary N) is 1. The number of ether oxygens (including phenoxy) is 6. The fourth-order valence-electron chi connectivity index (χ4n) is 11.6. The summed E-state index contributed by atoms with van der Waals surface area (Å²) in [5.41, 5.74) is 10.8. The average Bonchev–Trinajstić information content (AvgIpc) is 4.11. The number of amides is 2. The van der Waals surface area contributed by atoms with Crippen LogP contribution in [0.5, 0.6) is 17.2 Å². The molecule has 0 fully saturated rings. The lowest BCUT2D eigenvalue weighted by Gasteiger charge is -2.34. The third-order valence-corrected chi connectivity index (χ3v) is 20.6. The zero-order valence-electron chi connectivity index (χ0n) is 49.0. The number of fused-ring (bicyclic) bond motifs is 8. The van der Waals surface area contributed by atoms with Crippen LogP contribution >= 0.6 is 21.6 Å². The highest BCUT2D eigenvalue weighted by Gasteiger charge is 2.41. The van der Waals surface area contributed by atoms with Gasteiger partial charge in [-0.3, -0.25) is 18.6 Å². The number of methoxy groups -OCH3 is 2. The number of hydrogen-bond acceptors (Lipinski definition) is 17. The predicted molar refractivity (Wildman–Crippen MR) is 330 cm³/mol. The maximum absolute atomic E-state index is 14.5. The van der Waals surface area contributed by atoms with Gasteiger partial charge in [0.2, 0.25) is 0 Å². The summed E-state index contributed by atoms with van der Waals surface area (Å²) in [4.78, 5) is 50.2. The molecule has 2 amide bonds. The first-order valence-electron chi connectivity index (χ1n) is 28.5. The summed E-state index contributed by atoms with van der Waals surface area (Å²) in [6.07, 6.45) is 3.30. The fourth-order valence-corrected chi connectivity index (χ4v) is 15.4. The summed E-state index contributed by atoms with van der Waals surface area (Å²) < 4.78 is 66.8. The second kappa shape index (κ2) is 27.9. The van der Waals surface area contributed by atoms with Crippen LogP contribution < -0.4 is 39.1 Å². The van der Waals surface area contributed by atoms with Crippen molar-refractivity contribution in [2.24, 2.45) is 0 Å². The van der Waals surface area contributed by atoms with Crippen LogP contribution in [0.3, 0.4) is 0 Å². The van der Waals surface area contributed by atoms with Gasteiger partial charge in [-0.2, -0.15) is 8.42 Å². The van der Waals surface area contributed by atoms with E-state index in [-0.39, 0.29) is 50.1 Å². The Bertz CT molecular complexity index is 3230. The minimum Gasteiger partial charge on any atom is -0.493 e. The van der Waals surface area contributed by atoms with Gasteiger partial charge in [-0.05, 0) is 141 Å². The van der Waals surface area contributed by atoms with Crippen molar-refractivity contribution in [2.75, 3.05) is 119 Å². The van der Waals surface area contributed by atoms with Gasteiger partial charge < -0.3 is 53.3 Å². The van der Waals surface area contributed by atoms with E-state index >= 15 is 0 Å². The standard InChI is InChI=1S/C63H79N5O12S3/c1-9-64-37-56(69)60(83(72,73)76-8)20-27-81-82-63(3,4)41-66(21-22-77-25-26-78-24-23-74-6)49-30-43(39-79-57-34-45-18-19-48-32-46-14-10-12-16-53(46)67(48)61(70)51(45)28-42(57)2)29-44(31-49)40-80-59-36-55-52(35-58(59)75-7)62(71)68-50(38-65(55)5)33-47-15-11-13-17-54(47)68/h10-17,28-31,34-36,48,50,60,64H,9,18-27,32-33,37-41H2,1-8H3/t48-,50+,60?/m1/s1. The number of likely N-dealkylation sites (N-methyl/N-ethyl adjacent to an activating group) is 2. The number of para-hydroxylation sites is 2. The van der Waals surface area contributed by atoms with E-state index in [9.17, 15) is 22.8 Å². The Labute approximate surface area is 497 Å². The third-order valence-electron chi connectivity index (χ3n) is 15.7. The zero-order valence-corrected chi connectivity index (χ0v) is 51.5. The van der Waals surface area contributed by atoms with Crippen molar-refractivity contribution in [1.29, 1.82) is 0 Å². The zero-order chi connectivity index (χ0) is 58.8. The third kappa shape index (κ3) is 14.6. The van der Waals surface area contributed by atoms with Gasteiger partial charge in [-0.25, -0.2) is 0 Å². The van der Waals surface area contributed by atoms with Crippen LogP contribution in [-0.4, -0.2) is 148 Å². The van der Waals surface area contributed by atoms with E-state index in [1.807, 2.05) is 85.3 Å². The summed E-state index contributed by atoms with van der Waals surface area (Å²) >= 11 is 0. The monoisotopic (exact) mass is 1190 g/mol. The predicted octanol–water partition coefficient (Wildman–Crippen LogP) is 9.26. The first-order chi connectivity index (χ1) is 40.0. The van der Waals surface area contributed by atoms with Gasteiger partial charge in [0, 0.05) is 79.0 Å². The lowest BCUT2D eigenvalue weighted by atomic mass is 9.98. The number of ketones is 1. The second-order valence-electron chi connectivity index (χ2n) is 22.1. The van der Waals surface area contributed by atoms with E-state index in [2.05, 4.69) is 59.3 Å². The summed E-state index contributed by atoms with van der Waals surface area (Å²) in [6, 6.07) is 30.4. The summed E-state index contributed by atoms with van der Waals surface area (Å²) in [6.45, 7) is 12.8. The molecule has 0 radical (unpaired) electrons. The molecular formula is C63H79N5O12S3. The maximum Gasteiger partial charge on any atom is 0.277 e. The molecule has 4 heterocycles. The highest BCUT2D eigenvalue weighted by molar-refractivity contribution is 8.77. The number of carbonyl (C=O) groups excluding carboxylic acids is 3. The number of nitrogens with zero attached hydrogens (tertiary/aromatic N) is 4. The second-order valence-corrected chi connectivity index (χ2v) is 27.1. The molecule has 83 heavy (non-hydrogen) atoms. The van der Waals surface area contributed by atoms with Crippen LogP contribution in [0.1, 0.15) is 87.7 Å². The first kappa shape index (κ1) is 61.7. The lowest BCUT2D eigenvalue weighted by Crippen LogP contribution is -2.41. The summed E-state index contributed by atoms with van der Waals surface area (Å²) in [7, 11) is 5.37. The van der Waals surface area contributed by atoms with Crippen LogP contribution in [0, 0.1) is 6.92 Å². The minimum absolute atomic E-state index is 0.0235. The number of rotatable bonds is 30. The Kier molecular flexibility index (Phi) is 20.8. The van der Waals surface area contributed by atoms with Crippen molar-refractivity contribution < 1.29 is 55.4 Å². The molecule has 0 aromatic heterocycles. The lowest BCUT2D eigenvalue weighted by molar-refractivity contribution is -0.118. The molecule has 0 saturated heterocycles. The number of hydrogen-bond donors (Lipinski definition) is 1. The van der Waals surface area contributed by atoms with Crippen LogP contribution in [0.25, 0.3) is 0 Å². The Hall–Kier alpha value is -5.84. The van der Waals surface area contributed by atoms with Gasteiger partial charge in [0.1, 0.15) is 24.2 Å². The Morgan fingerprint density at radius 1 is 0.759 bits per heavy atom. The van der Waals surface area contributed by atoms with Crippen LogP contribution in [-0.2, 0) is 65.8 Å². The van der Waals surface area contributed by atoms with Crippen molar-refractivity contribution in [3.63, 3.8) is 0 Å². The molecule has 20 heteroatoms. The van der Waals surface area contributed by atoms with Gasteiger partial charge in [-0.15, -0.1) is 0 Å². The number of benzene rings is 5. The minimum atomic E-state index is -4.09. The Morgan fingerprint density at radius 2 is 1.40 bits per heavy atom. The van der Waals surface area contributed by atoms with Gasteiger partial charge in [0.15, 0.2) is 17.3 Å². The van der Waals surface area contributed by atoms with Crippen LogP contribution in [0.2, 0.25) is 0 Å². The summed E-state index contributed by atoms with van der Waals surface area (Å²) in [5, 5.41) is 1.67. The molecule has 3 atom stereocenters. The molecule has 5 aromatic rings. The molecule has 17 nitrogen and oxygen atoms in total. The van der Waals surface area contributed by atoms with Crippen LogP contribution in [0.15, 0.2) is 91.0 Å². The normalized spacial score (nSPS) is 16.7. The van der Waals surface area contributed by atoms with E-state index in [4.69, 9.17) is 32.6 Å². The fraction of sp³-hybridized carbons (Fsp3) is 0.476. The van der Waals surface area contributed by atoms with Crippen LogP contribution in [0.4, 0.5) is 22.7 Å². The quantitative estimate of drug-likeness (QED) is 0.0261. The molecule has 446 valence electrons. The molecule has 0 bridgehead atoms. The average molecular weight is 1190 g/mol. The largest absolute Gasteiger partial charge is 0.493 e. The molecule has 9 rings (SSSR count). The molecule has 1 unspecified atom stereocenters. The Balaban J connectivity index is 0.999. The maximum atomic E-state index is 14.5. The molecule has 0 spiro atoms. The molecule has 4 aliphatic heterocycles. The Morgan fingerprint density at radius 3 is 2.07 bits per heavy atom. The van der Waals surface area contributed by atoms with Crippen molar-refractivity contribution >= 4 is 72.1 Å². The molecule has 4 aliphatic rings.